The summed E-state index contributed by atoms with van der Waals surface area (Å²) in [5.41, 5.74) is 0. The highest BCUT2D eigenvalue weighted by Crippen LogP contribution is 2.26. The SMILES string of the molecule is CCC[Si](C)(C)OCCC1CCCN1[Si](C)(C)C. The van der Waals surface area contributed by atoms with Crippen LogP contribution in [0.25, 0.3) is 0 Å². The maximum absolute atomic E-state index is 6.22. The van der Waals surface area contributed by atoms with E-state index >= 15 is 0 Å². The summed E-state index contributed by atoms with van der Waals surface area (Å²) in [5, 5.41) is 0. The second-order valence-electron chi connectivity index (χ2n) is 7.31. The van der Waals surface area contributed by atoms with Crippen LogP contribution in [0.3, 0.4) is 0 Å². The average Bonchev–Trinajstić information content (AvgIpc) is 2.64. The highest BCUT2D eigenvalue weighted by Gasteiger charge is 2.34. The highest BCUT2D eigenvalue weighted by atomic mass is 28.4. The van der Waals surface area contributed by atoms with Gasteiger partial charge in [0.2, 0.25) is 0 Å². The smallest absolute Gasteiger partial charge is 0.186 e. The molecule has 0 amide bonds. The van der Waals surface area contributed by atoms with Crippen LogP contribution in [-0.4, -0.2) is 40.3 Å². The van der Waals surface area contributed by atoms with Crippen molar-refractivity contribution < 1.29 is 4.43 Å². The van der Waals surface area contributed by atoms with E-state index in [9.17, 15) is 0 Å². The Morgan fingerprint density at radius 2 is 1.83 bits per heavy atom. The van der Waals surface area contributed by atoms with Gasteiger partial charge >= 0.3 is 0 Å². The van der Waals surface area contributed by atoms with Gasteiger partial charge in [-0.1, -0.05) is 33.0 Å². The minimum Gasteiger partial charge on any atom is -0.417 e. The molecule has 0 aliphatic carbocycles. The maximum Gasteiger partial charge on any atom is 0.186 e. The Bertz CT molecular complexity index is 251. The lowest BCUT2D eigenvalue weighted by Crippen LogP contribution is -2.49. The van der Waals surface area contributed by atoms with Gasteiger partial charge in [0.1, 0.15) is 8.24 Å². The fourth-order valence-electron chi connectivity index (χ4n) is 3.16. The summed E-state index contributed by atoms with van der Waals surface area (Å²) in [5.74, 6) is 0. The lowest BCUT2D eigenvalue weighted by molar-refractivity contribution is 0.254. The van der Waals surface area contributed by atoms with E-state index in [1.54, 1.807) is 0 Å². The van der Waals surface area contributed by atoms with E-state index in [1.165, 1.54) is 38.3 Å². The molecule has 0 aromatic rings. The molecule has 0 bridgehead atoms. The van der Waals surface area contributed by atoms with E-state index in [0.29, 0.717) is 0 Å². The van der Waals surface area contributed by atoms with Crippen molar-refractivity contribution in [2.75, 3.05) is 13.2 Å². The molecule has 1 fully saturated rings. The summed E-state index contributed by atoms with van der Waals surface area (Å²) in [6, 6.07) is 2.11. The van der Waals surface area contributed by atoms with Crippen LogP contribution in [0.15, 0.2) is 0 Å². The van der Waals surface area contributed by atoms with E-state index in [1.807, 2.05) is 0 Å². The largest absolute Gasteiger partial charge is 0.417 e. The third-order valence-electron chi connectivity index (χ3n) is 4.03. The predicted octanol–water partition coefficient (Wildman–Crippen LogP) is 4.31. The van der Waals surface area contributed by atoms with Gasteiger partial charge in [-0.15, -0.1) is 0 Å². The zero-order chi connectivity index (χ0) is 13.8. The van der Waals surface area contributed by atoms with Crippen LogP contribution >= 0.6 is 0 Å². The summed E-state index contributed by atoms with van der Waals surface area (Å²) in [6.45, 7) is 16.7. The van der Waals surface area contributed by atoms with E-state index in [0.717, 1.165) is 12.6 Å². The molecule has 18 heavy (non-hydrogen) atoms. The van der Waals surface area contributed by atoms with Crippen molar-refractivity contribution in [3.05, 3.63) is 0 Å². The summed E-state index contributed by atoms with van der Waals surface area (Å²) >= 11 is 0. The Kier molecular flexibility index (Phi) is 6.09. The molecule has 0 aromatic carbocycles. The van der Waals surface area contributed by atoms with Gasteiger partial charge in [0, 0.05) is 12.6 Å². The van der Waals surface area contributed by atoms with Crippen molar-refractivity contribution in [1.82, 2.24) is 4.57 Å². The van der Waals surface area contributed by atoms with Crippen molar-refractivity contribution in [3.8, 4) is 0 Å². The molecule has 1 aliphatic heterocycles. The number of hydrogen-bond donors (Lipinski definition) is 0. The Labute approximate surface area is 116 Å². The first kappa shape index (κ1) is 16.4. The molecule has 0 radical (unpaired) electrons. The van der Waals surface area contributed by atoms with E-state index in [2.05, 4.69) is 44.2 Å². The monoisotopic (exact) mass is 287 g/mol. The molecule has 1 heterocycles. The van der Waals surface area contributed by atoms with Gasteiger partial charge in [-0.25, -0.2) is 0 Å². The summed E-state index contributed by atoms with van der Waals surface area (Å²) in [6.07, 6.45) is 5.31. The molecule has 1 saturated heterocycles. The van der Waals surface area contributed by atoms with E-state index in [-0.39, 0.29) is 0 Å². The first-order valence-corrected chi connectivity index (χ1v) is 14.2. The third-order valence-corrected chi connectivity index (χ3v) is 9.04. The Balaban J connectivity index is 2.35. The van der Waals surface area contributed by atoms with Crippen molar-refractivity contribution in [3.63, 3.8) is 0 Å². The fraction of sp³-hybridized carbons (Fsp3) is 1.00. The minimum absolute atomic E-state index is 0.808. The molecule has 1 unspecified atom stereocenters. The van der Waals surface area contributed by atoms with Gasteiger partial charge in [0.15, 0.2) is 8.32 Å². The molecule has 1 rings (SSSR count). The van der Waals surface area contributed by atoms with Crippen molar-refractivity contribution in [1.29, 1.82) is 0 Å². The Morgan fingerprint density at radius 3 is 2.39 bits per heavy atom. The van der Waals surface area contributed by atoms with Crippen molar-refractivity contribution in [2.24, 2.45) is 0 Å². The minimum atomic E-state index is -1.35. The number of nitrogens with zero attached hydrogens (tertiary/aromatic N) is 1. The molecule has 0 N–H and O–H groups in total. The van der Waals surface area contributed by atoms with Gasteiger partial charge < -0.3 is 8.99 Å². The molecule has 108 valence electrons. The zero-order valence-corrected chi connectivity index (χ0v) is 15.4. The van der Waals surface area contributed by atoms with E-state index in [4.69, 9.17) is 4.43 Å². The zero-order valence-electron chi connectivity index (χ0n) is 13.4. The first-order valence-electron chi connectivity index (χ1n) is 7.67. The number of hydrogen-bond acceptors (Lipinski definition) is 2. The van der Waals surface area contributed by atoms with Gasteiger partial charge in [0.25, 0.3) is 0 Å². The molecule has 1 aliphatic rings. The maximum atomic E-state index is 6.22. The Hall–Kier alpha value is 0.354. The molecule has 1 atom stereocenters. The van der Waals surface area contributed by atoms with E-state index < -0.39 is 16.6 Å². The second-order valence-corrected chi connectivity index (χ2v) is 16.5. The first-order chi connectivity index (χ1) is 8.26. The third kappa shape index (κ3) is 5.15. The van der Waals surface area contributed by atoms with Crippen molar-refractivity contribution in [2.45, 2.75) is 77.4 Å². The quantitative estimate of drug-likeness (QED) is 0.647. The summed E-state index contributed by atoms with van der Waals surface area (Å²) in [7, 11) is -2.46. The molecular weight excluding hydrogens is 254 g/mol. The van der Waals surface area contributed by atoms with Gasteiger partial charge in [-0.3, -0.25) is 0 Å². The van der Waals surface area contributed by atoms with Crippen LogP contribution < -0.4 is 0 Å². The molecule has 0 aromatic heterocycles. The summed E-state index contributed by atoms with van der Waals surface area (Å²) in [4.78, 5) is 0. The van der Waals surface area contributed by atoms with Crippen LogP contribution in [-0.2, 0) is 4.43 Å². The second kappa shape index (κ2) is 6.68. The molecular formula is C14H33NOSi2. The normalized spacial score (nSPS) is 22.7. The van der Waals surface area contributed by atoms with Gasteiger partial charge in [-0.05, 0) is 44.9 Å². The molecule has 0 spiro atoms. The lowest BCUT2D eigenvalue weighted by atomic mass is 10.2. The van der Waals surface area contributed by atoms with Crippen molar-refractivity contribution >= 4 is 16.6 Å². The highest BCUT2D eigenvalue weighted by molar-refractivity contribution is 6.73. The van der Waals surface area contributed by atoms with Crippen LogP contribution in [0.5, 0.6) is 0 Å². The molecule has 2 nitrogen and oxygen atoms in total. The van der Waals surface area contributed by atoms with Crippen LogP contribution in [0, 0.1) is 0 Å². The average molecular weight is 288 g/mol. The van der Waals surface area contributed by atoms with Gasteiger partial charge in [-0.2, -0.15) is 0 Å². The standard InChI is InChI=1S/C14H33NOSi2/c1-7-13-18(5,6)16-12-10-14-9-8-11-15(14)17(2,3)4/h14H,7-13H2,1-6H3. The predicted molar refractivity (Wildman–Crippen MR) is 86.2 cm³/mol. The fourth-order valence-corrected chi connectivity index (χ4v) is 7.37. The van der Waals surface area contributed by atoms with Crippen LogP contribution in [0.4, 0.5) is 0 Å². The van der Waals surface area contributed by atoms with Crippen LogP contribution in [0.1, 0.15) is 32.6 Å². The topological polar surface area (TPSA) is 12.5 Å². The number of rotatable bonds is 7. The van der Waals surface area contributed by atoms with Gasteiger partial charge in [0.05, 0.1) is 0 Å². The molecule has 4 heteroatoms. The Morgan fingerprint density at radius 1 is 1.17 bits per heavy atom. The summed E-state index contributed by atoms with van der Waals surface area (Å²) < 4.78 is 9.03. The lowest BCUT2D eigenvalue weighted by Gasteiger charge is -2.36. The van der Waals surface area contributed by atoms with Crippen LogP contribution in [0.2, 0.25) is 38.8 Å². The molecule has 0 saturated carbocycles.